The van der Waals surface area contributed by atoms with E-state index in [9.17, 15) is 8.42 Å². The van der Waals surface area contributed by atoms with E-state index < -0.39 is 9.84 Å². The van der Waals surface area contributed by atoms with Gasteiger partial charge in [0.2, 0.25) is 14.9 Å². The minimum atomic E-state index is -3.95. The van der Waals surface area contributed by atoms with Gasteiger partial charge in [0.05, 0.1) is 10.4 Å². The average molecular weight is 561 g/mol. The van der Waals surface area contributed by atoms with Gasteiger partial charge < -0.3 is 9.80 Å². The highest BCUT2D eigenvalue weighted by molar-refractivity contribution is 7.91. The molecule has 1 aliphatic rings. The standard InChI is InChI=1S/C29H29ClN6O2S/c1-18-8-10-23(16-20(18)3)39(37,38)29-28-31-27(24-17-22(30)9-11-26(24)36(28)33-32-29)35-14-12-34(13-15-35)25-7-5-6-19(2)21(25)4/h5-11,16-17H,12-15H2,1-4H3. The molecule has 200 valence electrons. The molecule has 0 radical (unpaired) electrons. The molecule has 0 N–H and O–H groups in total. The molecule has 0 amide bonds. The fourth-order valence-electron chi connectivity index (χ4n) is 5.20. The first-order valence-corrected chi connectivity index (χ1v) is 14.7. The monoisotopic (exact) mass is 560 g/mol. The van der Waals surface area contributed by atoms with Gasteiger partial charge >= 0.3 is 0 Å². The summed E-state index contributed by atoms with van der Waals surface area (Å²) in [4.78, 5) is 9.66. The third-order valence-electron chi connectivity index (χ3n) is 7.80. The molecule has 3 heterocycles. The molecule has 5 aromatic rings. The lowest BCUT2D eigenvalue weighted by atomic mass is 10.1. The predicted octanol–water partition coefficient (Wildman–Crippen LogP) is 5.32. The van der Waals surface area contributed by atoms with Gasteiger partial charge in [0.15, 0.2) is 5.65 Å². The van der Waals surface area contributed by atoms with Crippen molar-refractivity contribution in [3.63, 3.8) is 0 Å². The minimum absolute atomic E-state index is 0.155. The molecule has 3 aromatic carbocycles. The Morgan fingerprint density at radius 3 is 2.31 bits per heavy atom. The number of aryl methyl sites for hydroxylation is 3. The third-order valence-corrected chi connectivity index (χ3v) is 9.68. The second-order valence-electron chi connectivity index (χ2n) is 10.2. The highest BCUT2D eigenvalue weighted by Gasteiger charge is 2.29. The van der Waals surface area contributed by atoms with E-state index in [1.807, 2.05) is 26.0 Å². The zero-order valence-electron chi connectivity index (χ0n) is 22.3. The van der Waals surface area contributed by atoms with Gasteiger partial charge in [-0.3, -0.25) is 0 Å². The van der Waals surface area contributed by atoms with Crippen LogP contribution in [0.15, 0.2) is 64.5 Å². The first-order valence-electron chi connectivity index (χ1n) is 12.9. The van der Waals surface area contributed by atoms with Crippen LogP contribution in [0.2, 0.25) is 5.02 Å². The number of hydrogen-bond acceptors (Lipinski definition) is 7. The van der Waals surface area contributed by atoms with Gasteiger partial charge in [0.25, 0.3) is 0 Å². The molecule has 2 aromatic heterocycles. The normalized spacial score (nSPS) is 14.5. The Balaban J connectivity index is 1.44. The topological polar surface area (TPSA) is 83.7 Å². The molecule has 0 bridgehead atoms. The summed E-state index contributed by atoms with van der Waals surface area (Å²) < 4.78 is 28.9. The van der Waals surface area contributed by atoms with Crippen molar-refractivity contribution >= 4 is 49.5 Å². The Morgan fingerprint density at radius 2 is 1.56 bits per heavy atom. The van der Waals surface area contributed by atoms with Crippen LogP contribution in [0.25, 0.3) is 16.6 Å². The van der Waals surface area contributed by atoms with Crippen molar-refractivity contribution in [2.24, 2.45) is 0 Å². The van der Waals surface area contributed by atoms with Crippen molar-refractivity contribution < 1.29 is 8.42 Å². The Labute approximate surface area is 232 Å². The van der Waals surface area contributed by atoms with Crippen LogP contribution in [0, 0.1) is 27.7 Å². The van der Waals surface area contributed by atoms with E-state index >= 15 is 0 Å². The van der Waals surface area contributed by atoms with E-state index in [1.54, 1.807) is 24.3 Å². The van der Waals surface area contributed by atoms with Crippen molar-refractivity contribution in [3.05, 3.63) is 81.9 Å². The largest absolute Gasteiger partial charge is 0.368 e. The van der Waals surface area contributed by atoms with Crippen LogP contribution in [0.3, 0.4) is 0 Å². The van der Waals surface area contributed by atoms with Crippen molar-refractivity contribution in [2.75, 3.05) is 36.0 Å². The molecule has 0 atom stereocenters. The number of halogens is 1. The maximum atomic E-state index is 13.7. The summed E-state index contributed by atoms with van der Waals surface area (Å²) in [6.07, 6.45) is 0. The fourth-order valence-corrected chi connectivity index (χ4v) is 6.69. The smallest absolute Gasteiger partial charge is 0.229 e. The molecule has 1 saturated heterocycles. The molecule has 10 heteroatoms. The first-order chi connectivity index (χ1) is 18.6. The summed E-state index contributed by atoms with van der Waals surface area (Å²) in [7, 11) is -3.95. The lowest BCUT2D eigenvalue weighted by Crippen LogP contribution is -2.47. The molecule has 0 unspecified atom stereocenters. The summed E-state index contributed by atoms with van der Waals surface area (Å²) in [6.45, 7) is 11.2. The summed E-state index contributed by atoms with van der Waals surface area (Å²) in [5, 5.41) is 9.56. The van der Waals surface area contributed by atoms with E-state index in [1.165, 1.54) is 21.3 Å². The highest BCUT2D eigenvalue weighted by Crippen LogP contribution is 2.33. The van der Waals surface area contributed by atoms with Crippen molar-refractivity contribution in [2.45, 2.75) is 37.6 Å². The number of piperazine rings is 1. The molecular formula is C29H29ClN6O2S. The minimum Gasteiger partial charge on any atom is -0.368 e. The van der Waals surface area contributed by atoms with Crippen LogP contribution in [0.5, 0.6) is 0 Å². The van der Waals surface area contributed by atoms with Gasteiger partial charge in [0, 0.05) is 42.3 Å². The van der Waals surface area contributed by atoms with Gasteiger partial charge in [-0.1, -0.05) is 35.0 Å². The van der Waals surface area contributed by atoms with Gasteiger partial charge in [-0.25, -0.2) is 13.4 Å². The van der Waals surface area contributed by atoms with Gasteiger partial charge in [-0.15, -0.1) is 5.10 Å². The Morgan fingerprint density at radius 1 is 0.821 bits per heavy atom. The second-order valence-corrected chi connectivity index (χ2v) is 12.5. The van der Waals surface area contributed by atoms with Gasteiger partial charge in [-0.2, -0.15) is 4.52 Å². The number of rotatable bonds is 4. The molecule has 0 saturated carbocycles. The quantitative estimate of drug-likeness (QED) is 0.294. The van der Waals surface area contributed by atoms with Crippen LogP contribution >= 0.6 is 11.6 Å². The zero-order valence-corrected chi connectivity index (χ0v) is 23.9. The average Bonchev–Trinajstić information content (AvgIpc) is 3.36. The van der Waals surface area contributed by atoms with Crippen molar-refractivity contribution in [1.29, 1.82) is 0 Å². The molecule has 39 heavy (non-hydrogen) atoms. The first kappa shape index (κ1) is 25.6. The van der Waals surface area contributed by atoms with Crippen molar-refractivity contribution in [3.8, 4) is 0 Å². The number of benzene rings is 3. The third kappa shape index (κ3) is 4.30. The number of anilines is 2. The van der Waals surface area contributed by atoms with Crippen LogP contribution in [-0.2, 0) is 9.84 Å². The maximum absolute atomic E-state index is 13.7. The summed E-state index contributed by atoms with van der Waals surface area (Å²) in [5.41, 5.74) is 6.61. The van der Waals surface area contributed by atoms with Crippen LogP contribution in [0.1, 0.15) is 22.3 Å². The van der Waals surface area contributed by atoms with Crippen LogP contribution in [0.4, 0.5) is 11.5 Å². The number of aromatic nitrogens is 4. The van der Waals surface area contributed by atoms with E-state index in [4.69, 9.17) is 16.6 Å². The van der Waals surface area contributed by atoms with E-state index in [2.05, 4.69) is 52.2 Å². The van der Waals surface area contributed by atoms with E-state index in [-0.39, 0.29) is 15.6 Å². The zero-order chi connectivity index (χ0) is 27.5. The maximum Gasteiger partial charge on any atom is 0.229 e. The highest BCUT2D eigenvalue weighted by atomic mass is 35.5. The Bertz CT molecular complexity index is 1860. The number of nitrogens with zero attached hydrogens (tertiary/aromatic N) is 6. The van der Waals surface area contributed by atoms with Crippen LogP contribution < -0.4 is 9.80 Å². The van der Waals surface area contributed by atoms with Gasteiger partial charge in [-0.05, 0) is 86.3 Å². The molecule has 1 fully saturated rings. The molecule has 8 nitrogen and oxygen atoms in total. The lowest BCUT2D eigenvalue weighted by molar-refractivity contribution is 0.592. The van der Waals surface area contributed by atoms with E-state index in [0.29, 0.717) is 16.4 Å². The number of hydrogen-bond donors (Lipinski definition) is 0. The molecule has 6 rings (SSSR count). The SMILES string of the molecule is Cc1ccc(S(=O)(=O)c2nnn3c2nc(N2CCN(c4cccc(C)c4C)CC2)c2cc(Cl)ccc23)cc1C. The van der Waals surface area contributed by atoms with Crippen molar-refractivity contribution in [1.82, 2.24) is 19.8 Å². The van der Waals surface area contributed by atoms with Gasteiger partial charge in [0.1, 0.15) is 5.82 Å². The molecular weight excluding hydrogens is 532 g/mol. The summed E-state index contributed by atoms with van der Waals surface area (Å²) in [6, 6.07) is 16.9. The Kier molecular flexibility index (Phi) is 6.23. The summed E-state index contributed by atoms with van der Waals surface area (Å²) >= 11 is 6.41. The lowest BCUT2D eigenvalue weighted by Gasteiger charge is -2.38. The number of sulfone groups is 1. The second kappa shape index (κ2) is 9.50. The summed E-state index contributed by atoms with van der Waals surface area (Å²) in [5.74, 6) is 0.680. The Hall–Kier alpha value is -3.69. The predicted molar refractivity (Wildman–Crippen MR) is 155 cm³/mol. The molecule has 0 aliphatic carbocycles. The number of fused-ring (bicyclic) bond motifs is 3. The molecule has 1 aliphatic heterocycles. The fraction of sp³-hybridized carbons (Fsp3) is 0.276. The molecule has 0 spiro atoms. The van der Waals surface area contributed by atoms with Crippen LogP contribution in [-0.4, -0.2) is 54.4 Å². The van der Waals surface area contributed by atoms with E-state index in [0.717, 1.165) is 42.7 Å².